The number of benzene rings is 2. The molecule has 0 saturated carbocycles. The van der Waals surface area contributed by atoms with Crippen molar-refractivity contribution in [3.63, 3.8) is 0 Å². The quantitative estimate of drug-likeness (QED) is 0.516. The van der Waals surface area contributed by atoms with Gasteiger partial charge >= 0.3 is 0 Å². The van der Waals surface area contributed by atoms with Gasteiger partial charge in [0.25, 0.3) is 10.0 Å². The summed E-state index contributed by atoms with van der Waals surface area (Å²) in [7, 11) is -4.11. The van der Waals surface area contributed by atoms with Crippen LogP contribution in [0.3, 0.4) is 0 Å². The first-order chi connectivity index (χ1) is 15.1. The SMILES string of the molecule is CCC1(CCC(C)C)C(=O)C(C2=NS(=O)(=O)c3cc(N)ccc3N2)=C(O)c2ccccc21.Cl. The predicted octanol–water partition coefficient (Wildman–Crippen LogP) is 4.84. The van der Waals surface area contributed by atoms with Crippen molar-refractivity contribution in [1.82, 2.24) is 0 Å². The van der Waals surface area contributed by atoms with E-state index in [2.05, 4.69) is 23.6 Å². The van der Waals surface area contributed by atoms with Gasteiger partial charge in [-0.05, 0) is 48.9 Å². The zero-order valence-corrected chi connectivity index (χ0v) is 20.4. The van der Waals surface area contributed by atoms with Crippen LogP contribution in [-0.2, 0) is 20.2 Å². The Balaban J connectivity index is 0.00000306. The van der Waals surface area contributed by atoms with E-state index in [9.17, 15) is 18.3 Å². The number of carbonyl (C=O) groups excluding carboxylic acids is 1. The number of nitrogens with one attached hydrogen (secondary N) is 1. The number of ketones is 1. The number of rotatable bonds is 5. The van der Waals surface area contributed by atoms with E-state index in [4.69, 9.17) is 5.73 Å². The fraction of sp³-hybridized carbons (Fsp3) is 0.333. The molecule has 9 heteroatoms. The fourth-order valence-corrected chi connectivity index (χ4v) is 5.68. The molecule has 0 saturated heterocycles. The first kappa shape index (κ1) is 24.8. The summed E-state index contributed by atoms with van der Waals surface area (Å²) in [5.74, 6) is -0.373. The number of amidine groups is 1. The van der Waals surface area contributed by atoms with Gasteiger partial charge in [0, 0.05) is 11.3 Å². The first-order valence-corrected chi connectivity index (χ1v) is 12.1. The minimum absolute atomic E-state index is 0. The Morgan fingerprint density at radius 1 is 1.18 bits per heavy atom. The maximum Gasteiger partial charge on any atom is 0.286 e. The van der Waals surface area contributed by atoms with Gasteiger partial charge in [-0.15, -0.1) is 16.8 Å². The molecule has 0 amide bonds. The molecule has 1 heterocycles. The summed E-state index contributed by atoms with van der Waals surface area (Å²) in [6, 6.07) is 11.7. The van der Waals surface area contributed by atoms with Crippen molar-refractivity contribution in [2.24, 2.45) is 10.3 Å². The van der Waals surface area contributed by atoms with Crippen LogP contribution >= 0.6 is 12.4 Å². The van der Waals surface area contributed by atoms with Gasteiger partial charge in [-0.25, -0.2) is 0 Å². The lowest BCUT2D eigenvalue weighted by molar-refractivity contribution is -0.121. The molecule has 4 N–H and O–H groups in total. The monoisotopic (exact) mass is 489 g/mol. The molecule has 176 valence electrons. The highest BCUT2D eigenvalue weighted by molar-refractivity contribution is 7.90. The van der Waals surface area contributed by atoms with Crippen LogP contribution in [0, 0.1) is 5.92 Å². The number of nitrogens with two attached hydrogens (primary N) is 1. The van der Waals surface area contributed by atoms with Crippen molar-refractivity contribution < 1.29 is 18.3 Å². The lowest BCUT2D eigenvalue weighted by atomic mass is 9.64. The molecule has 1 aliphatic carbocycles. The molecule has 1 unspecified atom stereocenters. The van der Waals surface area contributed by atoms with Crippen molar-refractivity contribution in [1.29, 1.82) is 0 Å². The smallest absolute Gasteiger partial charge is 0.286 e. The third-order valence-corrected chi connectivity index (χ3v) is 7.65. The number of hydrogen-bond acceptors (Lipinski definition) is 6. The highest BCUT2D eigenvalue weighted by Gasteiger charge is 2.48. The van der Waals surface area contributed by atoms with Crippen LogP contribution in [0.1, 0.15) is 51.2 Å². The largest absolute Gasteiger partial charge is 0.506 e. The number of halogens is 1. The Hall–Kier alpha value is -2.84. The molecule has 2 aliphatic rings. The molecule has 1 aliphatic heterocycles. The lowest BCUT2D eigenvalue weighted by Gasteiger charge is -2.39. The van der Waals surface area contributed by atoms with E-state index >= 15 is 0 Å². The van der Waals surface area contributed by atoms with Crippen molar-refractivity contribution in [3.05, 3.63) is 59.2 Å². The summed E-state index contributed by atoms with van der Waals surface area (Å²) < 4.78 is 29.6. The van der Waals surface area contributed by atoms with E-state index < -0.39 is 15.4 Å². The van der Waals surface area contributed by atoms with E-state index in [-0.39, 0.29) is 51.6 Å². The van der Waals surface area contributed by atoms with E-state index in [1.807, 2.05) is 19.1 Å². The number of aliphatic hydroxyl groups is 1. The third kappa shape index (κ3) is 4.02. The van der Waals surface area contributed by atoms with Gasteiger partial charge in [0.1, 0.15) is 16.2 Å². The number of sulfonamides is 1. The molecule has 2 aromatic rings. The molecule has 7 nitrogen and oxygen atoms in total. The topological polar surface area (TPSA) is 122 Å². The second-order valence-electron chi connectivity index (χ2n) is 8.76. The lowest BCUT2D eigenvalue weighted by Crippen LogP contribution is -2.44. The summed E-state index contributed by atoms with van der Waals surface area (Å²) in [5, 5.41) is 14.1. The molecule has 2 aromatic carbocycles. The second kappa shape index (κ2) is 8.83. The number of anilines is 2. The average Bonchev–Trinajstić information content (AvgIpc) is 2.74. The first-order valence-electron chi connectivity index (χ1n) is 10.7. The minimum atomic E-state index is -4.11. The molecule has 4 rings (SSSR count). The molecular weight excluding hydrogens is 462 g/mol. The summed E-state index contributed by atoms with van der Waals surface area (Å²) >= 11 is 0. The van der Waals surface area contributed by atoms with Gasteiger partial charge in [0.05, 0.1) is 11.1 Å². The van der Waals surface area contributed by atoms with Crippen molar-refractivity contribution >= 4 is 51.2 Å². The van der Waals surface area contributed by atoms with Crippen molar-refractivity contribution in [2.45, 2.75) is 50.3 Å². The van der Waals surface area contributed by atoms with Gasteiger partial charge in [-0.3, -0.25) is 4.79 Å². The Labute approximate surface area is 200 Å². The van der Waals surface area contributed by atoms with E-state index in [0.717, 1.165) is 12.0 Å². The minimum Gasteiger partial charge on any atom is -0.506 e. The predicted molar refractivity (Wildman–Crippen MR) is 133 cm³/mol. The van der Waals surface area contributed by atoms with E-state index in [1.54, 1.807) is 18.2 Å². The van der Waals surface area contributed by atoms with Crippen LogP contribution in [0.15, 0.2) is 57.3 Å². The third-order valence-electron chi connectivity index (χ3n) is 6.33. The Morgan fingerprint density at radius 2 is 1.88 bits per heavy atom. The molecule has 0 fully saturated rings. The van der Waals surface area contributed by atoms with Crippen LogP contribution in [0.4, 0.5) is 11.4 Å². The van der Waals surface area contributed by atoms with Crippen LogP contribution < -0.4 is 11.1 Å². The molecule has 0 spiro atoms. The number of Topliss-reactive ketones (excluding diaryl/α,β-unsaturated/α-hetero) is 1. The Kier molecular flexibility index (Phi) is 6.64. The van der Waals surface area contributed by atoms with Crippen molar-refractivity contribution in [2.75, 3.05) is 11.1 Å². The van der Waals surface area contributed by atoms with Gasteiger partial charge in [0.2, 0.25) is 0 Å². The standard InChI is InChI=1S/C24H27N3O4S.ClH/c1-4-24(12-11-14(2)3)17-8-6-5-7-16(17)21(28)20(22(24)29)23-26-18-10-9-15(25)13-19(18)32(30,31)27-23;/h5-10,13-14,28H,4,11-12,25H2,1-3H3,(H,26,27);1H. The summed E-state index contributed by atoms with van der Waals surface area (Å²) in [6.07, 6.45) is 1.91. The van der Waals surface area contributed by atoms with Crippen LogP contribution in [-0.4, -0.2) is 25.1 Å². The number of hydrogen-bond donors (Lipinski definition) is 3. The molecule has 0 aromatic heterocycles. The normalized spacial score (nSPS) is 21.0. The summed E-state index contributed by atoms with van der Waals surface area (Å²) in [5.41, 5.74) is 6.61. The summed E-state index contributed by atoms with van der Waals surface area (Å²) in [4.78, 5) is 13.9. The number of aliphatic hydroxyl groups excluding tert-OH is 1. The Bertz CT molecular complexity index is 1280. The van der Waals surface area contributed by atoms with E-state index in [1.165, 1.54) is 12.1 Å². The molecule has 1 atom stereocenters. The van der Waals surface area contributed by atoms with Gasteiger partial charge in [0.15, 0.2) is 11.6 Å². The number of nitrogens with zero attached hydrogens (tertiary/aromatic N) is 1. The van der Waals surface area contributed by atoms with E-state index in [0.29, 0.717) is 24.3 Å². The van der Waals surface area contributed by atoms with Gasteiger partial charge in [-0.2, -0.15) is 8.42 Å². The zero-order valence-electron chi connectivity index (χ0n) is 18.8. The highest BCUT2D eigenvalue weighted by atomic mass is 35.5. The molecule has 0 bridgehead atoms. The average molecular weight is 490 g/mol. The van der Waals surface area contributed by atoms with Crippen LogP contribution in [0.5, 0.6) is 0 Å². The van der Waals surface area contributed by atoms with Gasteiger partial charge < -0.3 is 16.2 Å². The number of carbonyl (C=O) groups is 1. The van der Waals surface area contributed by atoms with Crippen LogP contribution in [0.25, 0.3) is 5.76 Å². The maximum atomic E-state index is 14.0. The number of nitrogen functional groups attached to an aromatic ring is 1. The number of fused-ring (bicyclic) bond motifs is 2. The molecule has 33 heavy (non-hydrogen) atoms. The fourth-order valence-electron chi connectivity index (χ4n) is 4.52. The Morgan fingerprint density at radius 3 is 2.55 bits per heavy atom. The zero-order chi connectivity index (χ0) is 23.3. The summed E-state index contributed by atoms with van der Waals surface area (Å²) in [6.45, 7) is 6.14. The molecule has 0 radical (unpaired) electrons. The van der Waals surface area contributed by atoms with Crippen molar-refractivity contribution in [3.8, 4) is 0 Å². The van der Waals surface area contributed by atoms with Crippen LogP contribution in [0.2, 0.25) is 0 Å². The van der Waals surface area contributed by atoms with Gasteiger partial charge in [-0.1, -0.05) is 45.0 Å². The highest BCUT2D eigenvalue weighted by Crippen LogP contribution is 2.46. The maximum absolute atomic E-state index is 14.0. The second-order valence-corrected chi connectivity index (χ2v) is 10.3. The molecular formula is C24H28ClN3O4S.